The van der Waals surface area contributed by atoms with Gasteiger partial charge in [-0.3, -0.25) is 4.68 Å². The van der Waals surface area contributed by atoms with Crippen LogP contribution in [0.15, 0.2) is 30.5 Å². The Morgan fingerprint density at radius 1 is 1.37 bits per heavy atom. The van der Waals surface area contributed by atoms with E-state index < -0.39 is 0 Å². The minimum Gasteiger partial charge on any atom is -0.379 e. The van der Waals surface area contributed by atoms with Crippen LogP contribution in [-0.4, -0.2) is 9.78 Å². The largest absolute Gasteiger partial charge is 0.379 e. The van der Waals surface area contributed by atoms with Gasteiger partial charge in [-0.1, -0.05) is 6.92 Å². The summed E-state index contributed by atoms with van der Waals surface area (Å²) >= 11 is 0. The number of aryl methyl sites for hydroxylation is 1. The van der Waals surface area contributed by atoms with Crippen LogP contribution >= 0.6 is 0 Å². The SMILES string of the molecule is CCC(C)n1ccc(CNc2cc(C)cc(F)c2)n1. The van der Waals surface area contributed by atoms with E-state index >= 15 is 0 Å². The number of halogens is 1. The van der Waals surface area contributed by atoms with Gasteiger partial charge < -0.3 is 5.32 Å². The summed E-state index contributed by atoms with van der Waals surface area (Å²) in [6.45, 7) is 6.76. The minimum atomic E-state index is -0.215. The zero-order valence-corrected chi connectivity index (χ0v) is 11.7. The molecule has 4 heteroatoms. The van der Waals surface area contributed by atoms with E-state index in [4.69, 9.17) is 0 Å². The van der Waals surface area contributed by atoms with Gasteiger partial charge in [-0.15, -0.1) is 0 Å². The van der Waals surface area contributed by atoms with E-state index in [1.807, 2.05) is 29.9 Å². The molecular weight excluding hydrogens is 241 g/mol. The summed E-state index contributed by atoms with van der Waals surface area (Å²) in [5.41, 5.74) is 2.66. The second-order valence-electron chi connectivity index (χ2n) is 4.92. The molecule has 0 bridgehead atoms. The predicted octanol–water partition coefficient (Wildman–Crippen LogP) is 3.91. The van der Waals surface area contributed by atoms with Crippen molar-refractivity contribution < 1.29 is 4.39 Å². The van der Waals surface area contributed by atoms with Crippen LogP contribution in [0, 0.1) is 12.7 Å². The van der Waals surface area contributed by atoms with Crippen molar-refractivity contribution in [3.05, 3.63) is 47.5 Å². The number of anilines is 1. The topological polar surface area (TPSA) is 29.9 Å². The van der Waals surface area contributed by atoms with Gasteiger partial charge in [-0.2, -0.15) is 5.10 Å². The van der Waals surface area contributed by atoms with Crippen LogP contribution in [0.25, 0.3) is 0 Å². The molecule has 2 rings (SSSR count). The van der Waals surface area contributed by atoms with Crippen molar-refractivity contribution in [1.29, 1.82) is 0 Å². The van der Waals surface area contributed by atoms with Gasteiger partial charge >= 0.3 is 0 Å². The van der Waals surface area contributed by atoms with Gasteiger partial charge in [0.2, 0.25) is 0 Å². The maximum atomic E-state index is 13.2. The summed E-state index contributed by atoms with van der Waals surface area (Å²) in [5, 5.41) is 7.70. The average Bonchev–Trinajstić information content (AvgIpc) is 2.83. The zero-order chi connectivity index (χ0) is 13.8. The van der Waals surface area contributed by atoms with E-state index in [0.29, 0.717) is 12.6 Å². The first-order chi connectivity index (χ1) is 9.08. The van der Waals surface area contributed by atoms with Crippen molar-refractivity contribution in [3.8, 4) is 0 Å². The van der Waals surface area contributed by atoms with Gasteiger partial charge in [-0.05, 0) is 50.1 Å². The van der Waals surface area contributed by atoms with Crippen LogP contribution in [0.5, 0.6) is 0 Å². The van der Waals surface area contributed by atoms with Crippen molar-refractivity contribution in [2.45, 2.75) is 39.8 Å². The quantitative estimate of drug-likeness (QED) is 0.884. The van der Waals surface area contributed by atoms with E-state index in [-0.39, 0.29) is 5.82 Å². The highest BCUT2D eigenvalue weighted by Gasteiger charge is 2.05. The molecule has 3 nitrogen and oxygen atoms in total. The Morgan fingerprint density at radius 2 is 2.16 bits per heavy atom. The Morgan fingerprint density at radius 3 is 2.84 bits per heavy atom. The molecule has 102 valence electrons. The predicted molar refractivity (Wildman–Crippen MR) is 75.7 cm³/mol. The summed E-state index contributed by atoms with van der Waals surface area (Å²) in [6, 6.07) is 7.34. The van der Waals surface area contributed by atoms with Gasteiger partial charge in [0.05, 0.1) is 12.2 Å². The fourth-order valence-corrected chi connectivity index (χ4v) is 1.94. The zero-order valence-electron chi connectivity index (χ0n) is 11.7. The fourth-order valence-electron chi connectivity index (χ4n) is 1.94. The molecule has 2 aromatic rings. The van der Waals surface area contributed by atoms with Crippen LogP contribution in [-0.2, 0) is 6.54 Å². The van der Waals surface area contributed by atoms with E-state index in [1.165, 1.54) is 12.1 Å². The third kappa shape index (κ3) is 3.56. The summed E-state index contributed by atoms with van der Waals surface area (Å²) in [6.07, 6.45) is 3.04. The Bertz CT molecular complexity index is 528. The van der Waals surface area contributed by atoms with E-state index in [9.17, 15) is 4.39 Å². The van der Waals surface area contributed by atoms with E-state index in [2.05, 4.69) is 24.3 Å². The molecule has 1 aromatic carbocycles. The maximum Gasteiger partial charge on any atom is 0.125 e. The van der Waals surface area contributed by atoms with Gasteiger partial charge in [0, 0.05) is 17.9 Å². The monoisotopic (exact) mass is 261 g/mol. The second kappa shape index (κ2) is 5.87. The van der Waals surface area contributed by atoms with Crippen LogP contribution in [0.3, 0.4) is 0 Å². The van der Waals surface area contributed by atoms with Crippen LogP contribution in [0.4, 0.5) is 10.1 Å². The fraction of sp³-hybridized carbons (Fsp3) is 0.400. The van der Waals surface area contributed by atoms with Gasteiger partial charge in [-0.25, -0.2) is 4.39 Å². The first-order valence-electron chi connectivity index (χ1n) is 6.63. The van der Waals surface area contributed by atoms with Crippen molar-refractivity contribution >= 4 is 5.69 Å². The first kappa shape index (κ1) is 13.6. The summed E-state index contributed by atoms with van der Waals surface area (Å²) in [5.74, 6) is -0.215. The highest BCUT2D eigenvalue weighted by Crippen LogP contribution is 2.15. The molecule has 0 fully saturated rings. The lowest BCUT2D eigenvalue weighted by atomic mass is 10.2. The number of hydrogen-bond donors (Lipinski definition) is 1. The average molecular weight is 261 g/mol. The maximum absolute atomic E-state index is 13.2. The van der Waals surface area contributed by atoms with Gasteiger partial charge in [0.25, 0.3) is 0 Å². The molecule has 0 amide bonds. The molecule has 19 heavy (non-hydrogen) atoms. The number of aromatic nitrogens is 2. The summed E-state index contributed by atoms with van der Waals surface area (Å²) < 4.78 is 15.2. The molecule has 1 heterocycles. The van der Waals surface area contributed by atoms with Crippen molar-refractivity contribution in [2.75, 3.05) is 5.32 Å². The highest BCUT2D eigenvalue weighted by atomic mass is 19.1. The third-order valence-electron chi connectivity index (χ3n) is 3.22. The molecular formula is C15H20FN3. The molecule has 1 N–H and O–H groups in total. The number of benzene rings is 1. The van der Waals surface area contributed by atoms with Crippen LogP contribution < -0.4 is 5.32 Å². The van der Waals surface area contributed by atoms with E-state index in [0.717, 1.165) is 23.4 Å². The lowest BCUT2D eigenvalue weighted by molar-refractivity contribution is 0.474. The smallest absolute Gasteiger partial charge is 0.125 e. The number of nitrogens with one attached hydrogen (secondary N) is 1. The Kier molecular flexibility index (Phi) is 4.20. The molecule has 1 unspecified atom stereocenters. The molecule has 1 atom stereocenters. The molecule has 0 radical (unpaired) electrons. The molecule has 0 spiro atoms. The molecule has 0 aliphatic carbocycles. The molecule has 0 saturated heterocycles. The number of rotatable bonds is 5. The van der Waals surface area contributed by atoms with E-state index in [1.54, 1.807) is 0 Å². The first-order valence-corrected chi connectivity index (χ1v) is 6.63. The van der Waals surface area contributed by atoms with Crippen molar-refractivity contribution in [2.24, 2.45) is 0 Å². The number of hydrogen-bond acceptors (Lipinski definition) is 2. The Labute approximate surface area is 113 Å². The van der Waals surface area contributed by atoms with Crippen molar-refractivity contribution in [3.63, 3.8) is 0 Å². The second-order valence-corrected chi connectivity index (χ2v) is 4.92. The van der Waals surface area contributed by atoms with Gasteiger partial charge in [0.15, 0.2) is 0 Å². The molecule has 0 aliphatic heterocycles. The summed E-state index contributed by atoms with van der Waals surface area (Å²) in [7, 11) is 0. The standard InChI is InChI=1S/C15H20FN3/c1-4-12(3)19-6-5-14(18-19)10-17-15-8-11(2)7-13(16)9-15/h5-9,12,17H,4,10H2,1-3H3. The summed E-state index contributed by atoms with van der Waals surface area (Å²) in [4.78, 5) is 0. The lowest BCUT2D eigenvalue weighted by Gasteiger charge is -2.09. The Balaban J connectivity index is 2.00. The highest BCUT2D eigenvalue weighted by molar-refractivity contribution is 5.46. The Hall–Kier alpha value is -1.84. The van der Waals surface area contributed by atoms with Crippen LogP contribution in [0.2, 0.25) is 0 Å². The van der Waals surface area contributed by atoms with Gasteiger partial charge in [0.1, 0.15) is 5.82 Å². The van der Waals surface area contributed by atoms with Crippen LogP contribution in [0.1, 0.15) is 37.6 Å². The lowest BCUT2D eigenvalue weighted by Crippen LogP contribution is -2.06. The molecule has 1 aromatic heterocycles. The number of nitrogens with zero attached hydrogens (tertiary/aromatic N) is 2. The molecule has 0 aliphatic rings. The molecule has 0 saturated carbocycles. The minimum absolute atomic E-state index is 0.215. The third-order valence-corrected chi connectivity index (χ3v) is 3.22. The van der Waals surface area contributed by atoms with Crippen molar-refractivity contribution in [1.82, 2.24) is 9.78 Å². The normalized spacial score (nSPS) is 12.4.